The van der Waals surface area contributed by atoms with Crippen LogP contribution in [0.1, 0.15) is 24.8 Å². The summed E-state index contributed by atoms with van der Waals surface area (Å²) in [4.78, 5) is 33.1. The molecule has 2 heterocycles. The van der Waals surface area contributed by atoms with E-state index in [1.807, 2.05) is 42.6 Å². The molecule has 0 saturated carbocycles. The summed E-state index contributed by atoms with van der Waals surface area (Å²) < 4.78 is 0. The molecule has 2 aromatic rings. The van der Waals surface area contributed by atoms with Gasteiger partial charge in [-0.3, -0.25) is 9.59 Å². The summed E-state index contributed by atoms with van der Waals surface area (Å²) >= 11 is 1.56. The van der Waals surface area contributed by atoms with Crippen molar-refractivity contribution >= 4 is 28.8 Å². The van der Waals surface area contributed by atoms with Crippen LogP contribution in [0, 0.1) is 0 Å². The van der Waals surface area contributed by atoms with Gasteiger partial charge in [-0.05, 0) is 25.5 Å². The van der Waals surface area contributed by atoms with Crippen molar-refractivity contribution in [1.82, 2.24) is 9.88 Å². The largest absolute Gasteiger partial charge is 0.331 e. The molecule has 0 bridgehead atoms. The van der Waals surface area contributed by atoms with E-state index in [1.54, 1.807) is 27.3 Å². The van der Waals surface area contributed by atoms with E-state index >= 15 is 0 Å². The zero-order valence-corrected chi connectivity index (χ0v) is 14.5. The second-order valence-electron chi connectivity index (χ2n) is 5.74. The van der Waals surface area contributed by atoms with Gasteiger partial charge in [0, 0.05) is 43.2 Å². The number of hydrogen-bond acceptors (Lipinski definition) is 4. The minimum atomic E-state index is -0.348. The lowest BCUT2D eigenvalue weighted by Crippen LogP contribution is -2.45. The fourth-order valence-corrected chi connectivity index (χ4v) is 3.74. The number of rotatable bonds is 6. The number of nitrogens with zero attached hydrogens (tertiary/aromatic N) is 3. The Morgan fingerprint density at radius 3 is 2.83 bits per heavy atom. The van der Waals surface area contributed by atoms with Crippen LogP contribution in [0.15, 0.2) is 41.9 Å². The van der Waals surface area contributed by atoms with Gasteiger partial charge in [-0.25, -0.2) is 4.98 Å². The predicted molar refractivity (Wildman–Crippen MR) is 95.0 cm³/mol. The van der Waals surface area contributed by atoms with Crippen molar-refractivity contribution in [3.63, 3.8) is 0 Å². The third-order valence-electron chi connectivity index (χ3n) is 4.32. The van der Waals surface area contributed by atoms with Crippen molar-refractivity contribution in [2.75, 3.05) is 18.0 Å². The molecule has 1 aliphatic heterocycles. The minimum absolute atomic E-state index is 0.0191. The molecule has 1 aromatic heterocycles. The smallest absolute Gasteiger partial charge is 0.249 e. The summed E-state index contributed by atoms with van der Waals surface area (Å²) in [6.07, 6.45) is 3.47. The molecular formula is C18H21N3O2S. The molecular weight excluding hydrogens is 322 g/mol. The molecule has 1 aliphatic rings. The highest BCUT2D eigenvalue weighted by Crippen LogP contribution is 2.24. The van der Waals surface area contributed by atoms with Gasteiger partial charge in [0.1, 0.15) is 6.04 Å². The van der Waals surface area contributed by atoms with Crippen molar-refractivity contribution < 1.29 is 9.59 Å². The van der Waals surface area contributed by atoms with Crippen LogP contribution in [-0.2, 0) is 16.0 Å². The van der Waals surface area contributed by atoms with Crippen molar-refractivity contribution in [1.29, 1.82) is 0 Å². The lowest BCUT2D eigenvalue weighted by Gasteiger charge is -2.27. The predicted octanol–water partition coefficient (Wildman–Crippen LogP) is 2.73. The average molecular weight is 343 g/mol. The normalized spacial score (nSPS) is 17.3. The van der Waals surface area contributed by atoms with E-state index in [2.05, 4.69) is 4.98 Å². The maximum atomic E-state index is 12.8. The molecule has 126 valence electrons. The number of benzene rings is 1. The first kappa shape index (κ1) is 16.6. The maximum Gasteiger partial charge on any atom is 0.249 e. The lowest BCUT2D eigenvalue weighted by molar-refractivity contribution is -0.138. The fraction of sp³-hybridized carbons (Fsp3) is 0.389. The van der Waals surface area contributed by atoms with Crippen LogP contribution in [0.2, 0.25) is 0 Å². The average Bonchev–Trinajstić information content (AvgIpc) is 3.25. The van der Waals surface area contributed by atoms with Crippen molar-refractivity contribution in [3.05, 3.63) is 46.9 Å². The van der Waals surface area contributed by atoms with E-state index in [9.17, 15) is 9.59 Å². The number of likely N-dealkylation sites (N-methyl/N-ethyl adjacent to an activating group) is 1. The topological polar surface area (TPSA) is 53.5 Å². The van der Waals surface area contributed by atoms with E-state index in [-0.39, 0.29) is 17.9 Å². The van der Waals surface area contributed by atoms with Gasteiger partial charge >= 0.3 is 0 Å². The molecule has 5 nitrogen and oxygen atoms in total. The van der Waals surface area contributed by atoms with Gasteiger partial charge in [0.15, 0.2) is 0 Å². The summed E-state index contributed by atoms with van der Waals surface area (Å²) in [5.74, 6) is 0.0478. The van der Waals surface area contributed by atoms with Crippen LogP contribution >= 0.6 is 11.3 Å². The van der Waals surface area contributed by atoms with Gasteiger partial charge in [-0.2, -0.15) is 0 Å². The second-order valence-corrected chi connectivity index (χ2v) is 6.71. The van der Waals surface area contributed by atoms with Gasteiger partial charge in [-0.1, -0.05) is 18.2 Å². The summed E-state index contributed by atoms with van der Waals surface area (Å²) in [6, 6.07) is 9.29. The quantitative estimate of drug-likeness (QED) is 0.810. The molecule has 1 saturated heterocycles. The van der Waals surface area contributed by atoms with Crippen LogP contribution < -0.4 is 4.90 Å². The van der Waals surface area contributed by atoms with Gasteiger partial charge < -0.3 is 9.80 Å². The van der Waals surface area contributed by atoms with Crippen molar-refractivity contribution in [2.24, 2.45) is 0 Å². The first-order chi connectivity index (χ1) is 11.7. The third kappa shape index (κ3) is 3.48. The van der Waals surface area contributed by atoms with Crippen LogP contribution in [0.5, 0.6) is 0 Å². The standard InChI is InChI=1S/C18H21N3O2S/c1-2-20(17(22)9-8-16-19-11-13-24-16)15-10-12-21(18(15)23)14-6-4-3-5-7-14/h3-7,11,13,15H,2,8-10,12H2,1H3. The molecule has 0 radical (unpaired) electrons. The van der Waals surface area contributed by atoms with Crippen LogP contribution in [-0.4, -0.2) is 40.8 Å². The number of thiazole rings is 1. The Morgan fingerprint density at radius 2 is 2.17 bits per heavy atom. The monoisotopic (exact) mass is 343 g/mol. The summed E-state index contributed by atoms with van der Waals surface area (Å²) in [6.45, 7) is 3.14. The number of carbonyl (C=O) groups is 2. The Kier molecular flexibility index (Phi) is 5.25. The zero-order valence-electron chi connectivity index (χ0n) is 13.7. The summed E-state index contributed by atoms with van der Waals surface area (Å²) in [7, 11) is 0. The number of aryl methyl sites for hydroxylation is 1. The molecule has 2 amide bonds. The number of aromatic nitrogens is 1. The Balaban J connectivity index is 1.65. The number of carbonyl (C=O) groups excluding carboxylic acids is 2. The number of hydrogen-bond donors (Lipinski definition) is 0. The molecule has 0 N–H and O–H groups in total. The second kappa shape index (κ2) is 7.57. The van der Waals surface area contributed by atoms with E-state index in [0.29, 0.717) is 32.4 Å². The SMILES string of the molecule is CCN(C(=O)CCc1nccs1)C1CCN(c2ccccc2)C1=O. The highest BCUT2D eigenvalue weighted by atomic mass is 32.1. The van der Waals surface area contributed by atoms with Gasteiger partial charge in [0.05, 0.1) is 5.01 Å². The first-order valence-corrected chi connectivity index (χ1v) is 9.13. The molecule has 1 atom stereocenters. The lowest BCUT2D eigenvalue weighted by atomic mass is 10.2. The maximum absolute atomic E-state index is 12.8. The van der Waals surface area contributed by atoms with Crippen LogP contribution in [0.3, 0.4) is 0 Å². The summed E-state index contributed by atoms with van der Waals surface area (Å²) in [5.41, 5.74) is 0.899. The zero-order chi connectivity index (χ0) is 16.9. The molecule has 24 heavy (non-hydrogen) atoms. The molecule has 3 rings (SSSR count). The molecule has 1 aromatic carbocycles. The highest BCUT2D eigenvalue weighted by Gasteiger charge is 2.37. The molecule has 6 heteroatoms. The minimum Gasteiger partial charge on any atom is -0.331 e. The van der Waals surface area contributed by atoms with Gasteiger partial charge in [0.25, 0.3) is 0 Å². The Morgan fingerprint density at radius 1 is 1.38 bits per heavy atom. The van der Waals surface area contributed by atoms with Crippen LogP contribution in [0.25, 0.3) is 0 Å². The van der Waals surface area contributed by atoms with E-state index in [4.69, 9.17) is 0 Å². The van der Waals surface area contributed by atoms with E-state index in [1.165, 1.54) is 0 Å². The van der Waals surface area contributed by atoms with Crippen molar-refractivity contribution in [2.45, 2.75) is 32.2 Å². The Bertz CT molecular complexity index is 688. The van der Waals surface area contributed by atoms with Crippen LogP contribution in [0.4, 0.5) is 5.69 Å². The summed E-state index contributed by atoms with van der Waals surface area (Å²) in [5, 5.41) is 2.87. The fourth-order valence-electron chi connectivity index (χ4n) is 3.12. The van der Waals surface area contributed by atoms with Crippen molar-refractivity contribution in [3.8, 4) is 0 Å². The first-order valence-electron chi connectivity index (χ1n) is 8.25. The van der Waals surface area contributed by atoms with Gasteiger partial charge in [0.2, 0.25) is 11.8 Å². The Hall–Kier alpha value is -2.21. The third-order valence-corrected chi connectivity index (χ3v) is 5.16. The van der Waals surface area contributed by atoms with E-state index < -0.39 is 0 Å². The Labute approximate surface area is 145 Å². The molecule has 1 fully saturated rings. The molecule has 1 unspecified atom stereocenters. The number of para-hydroxylation sites is 1. The van der Waals surface area contributed by atoms with Gasteiger partial charge in [-0.15, -0.1) is 11.3 Å². The number of amides is 2. The molecule has 0 aliphatic carbocycles. The number of anilines is 1. The molecule has 0 spiro atoms. The highest BCUT2D eigenvalue weighted by molar-refractivity contribution is 7.09. The van der Waals surface area contributed by atoms with E-state index in [0.717, 1.165) is 10.7 Å².